The summed E-state index contributed by atoms with van der Waals surface area (Å²) in [5, 5.41) is 14.3. The number of nitrogens with zero attached hydrogens (tertiary/aromatic N) is 6. The summed E-state index contributed by atoms with van der Waals surface area (Å²) in [6, 6.07) is 16.2. The average Bonchev–Trinajstić information content (AvgIpc) is 3.54. The third-order valence-corrected chi connectivity index (χ3v) is 7.27. The van der Waals surface area contributed by atoms with Gasteiger partial charge in [0.25, 0.3) is 0 Å². The predicted molar refractivity (Wildman–Crippen MR) is 152 cm³/mol. The highest BCUT2D eigenvalue weighted by atomic mass is 79.9. The lowest BCUT2D eigenvalue weighted by Crippen LogP contribution is -2.27. The van der Waals surface area contributed by atoms with Gasteiger partial charge < -0.3 is 0 Å². The van der Waals surface area contributed by atoms with Crippen LogP contribution in [-0.2, 0) is 18.4 Å². The van der Waals surface area contributed by atoms with Crippen LogP contribution in [0.4, 0.5) is 0 Å². The molecule has 9 heteroatoms. The Kier molecular flexibility index (Phi) is 7.12. The van der Waals surface area contributed by atoms with Crippen molar-refractivity contribution in [2.45, 2.75) is 52.5 Å². The summed E-state index contributed by atoms with van der Waals surface area (Å²) in [5.74, 6) is 0.588. The van der Waals surface area contributed by atoms with Crippen LogP contribution < -0.4 is 5.69 Å². The van der Waals surface area contributed by atoms with Crippen LogP contribution in [-0.4, -0.2) is 34.7 Å². The molecule has 0 aliphatic heterocycles. The number of tetrazole rings is 1. The lowest BCUT2D eigenvalue weighted by Gasteiger charge is -2.23. The summed E-state index contributed by atoms with van der Waals surface area (Å²) in [6.07, 6.45) is 7.30. The van der Waals surface area contributed by atoms with Crippen molar-refractivity contribution < 1.29 is 0 Å². The van der Waals surface area contributed by atoms with Crippen LogP contribution in [0.3, 0.4) is 0 Å². The molecule has 0 amide bonds. The molecule has 0 aliphatic rings. The molecule has 0 bridgehead atoms. The summed E-state index contributed by atoms with van der Waals surface area (Å²) in [6.45, 7) is 9.13. The second-order valence-corrected chi connectivity index (χ2v) is 11.2. The van der Waals surface area contributed by atoms with Crippen molar-refractivity contribution in [3.63, 3.8) is 0 Å². The van der Waals surface area contributed by atoms with Crippen molar-refractivity contribution in [1.82, 2.24) is 34.7 Å². The lowest BCUT2D eigenvalue weighted by atomic mass is 9.86. The van der Waals surface area contributed by atoms with E-state index in [-0.39, 0.29) is 11.1 Å². The van der Waals surface area contributed by atoms with Gasteiger partial charge in [-0.05, 0) is 67.0 Å². The summed E-state index contributed by atoms with van der Waals surface area (Å²) in [5.41, 5.74) is 6.72. The largest absolute Gasteiger partial charge is 0.333 e. The Bertz CT molecular complexity index is 1610. The van der Waals surface area contributed by atoms with Gasteiger partial charge in [-0.15, -0.1) is 5.10 Å². The number of benzene rings is 2. The molecule has 0 radical (unpaired) electrons. The van der Waals surface area contributed by atoms with Crippen LogP contribution in [0.15, 0.2) is 76.4 Å². The monoisotopic (exact) mass is 571 g/mol. The molecule has 3 aromatic heterocycles. The van der Waals surface area contributed by atoms with Crippen LogP contribution >= 0.6 is 15.9 Å². The van der Waals surface area contributed by atoms with Gasteiger partial charge in [-0.25, -0.2) is 9.89 Å². The number of pyridine rings is 1. The highest BCUT2D eigenvalue weighted by molar-refractivity contribution is 9.10. The fourth-order valence-corrected chi connectivity index (χ4v) is 5.31. The SMILES string of the molecule is CCCc1cn(-c2c(Br)cccc2C(C)(C)C)c(=O)n1Cc1ccc(-c2cnccc2-c2nnn[nH]2)cc1. The molecule has 0 saturated heterocycles. The van der Waals surface area contributed by atoms with E-state index in [1.54, 1.807) is 17.0 Å². The number of aromatic nitrogens is 7. The van der Waals surface area contributed by atoms with Gasteiger partial charge in [-0.1, -0.05) is 70.5 Å². The summed E-state index contributed by atoms with van der Waals surface area (Å²) >= 11 is 3.71. The smallest absolute Gasteiger partial charge is 0.292 e. The van der Waals surface area contributed by atoms with E-state index in [9.17, 15) is 4.79 Å². The molecule has 5 rings (SSSR count). The number of aromatic amines is 1. The van der Waals surface area contributed by atoms with E-state index >= 15 is 0 Å². The molecule has 2 aromatic carbocycles. The minimum atomic E-state index is -0.117. The first kappa shape index (κ1) is 25.8. The zero-order valence-corrected chi connectivity index (χ0v) is 23.5. The highest BCUT2D eigenvalue weighted by Crippen LogP contribution is 2.33. The Morgan fingerprint density at radius 2 is 1.82 bits per heavy atom. The van der Waals surface area contributed by atoms with Crippen molar-refractivity contribution in [1.29, 1.82) is 0 Å². The summed E-state index contributed by atoms with van der Waals surface area (Å²) in [4.78, 5) is 18.1. The van der Waals surface area contributed by atoms with E-state index in [0.717, 1.165) is 56.5 Å². The number of para-hydroxylation sites is 1. The number of halogens is 1. The first-order valence-corrected chi connectivity index (χ1v) is 13.4. The predicted octanol–water partition coefficient (Wildman–Crippen LogP) is 5.94. The Morgan fingerprint density at radius 3 is 2.50 bits per heavy atom. The zero-order valence-electron chi connectivity index (χ0n) is 21.9. The van der Waals surface area contributed by atoms with E-state index in [0.29, 0.717) is 12.4 Å². The van der Waals surface area contributed by atoms with Crippen molar-refractivity contribution in [3.05, 3.63) is 98.9 Å². The fourth-order valence-electron chi connectivity index (χ4n) is 4.75. The molecule has 0 unspecified atom stereocenters. The van der Waals surface area contributed by atoms with Gasteiger partial charge in [0.05, 0.1) is 12.2 Å². The molecular weight excluding hydrogens is 542 g/mol. The minimum absolute atomic E-state index is 0.0395. The second kappa shape index (κ2) is 10.5. The third kappa shape index (κ3) is 4.98. The van der Waals surface area contributed by atoms with Gasteiger partial charge >= 0.3 is 5.69 Å². The second-order valence-electron chi connectivity index (χ2n) is 10.4. The standard InChI is InChI=1S/C29H30BrN7O/c1-5-7-21-18-37(26-24(29(2,3)4)8-6-9-25(26)30)28(38)36(21)17-19-10-12-20(13-11-19)23-16-31-15-14-22(23)27-32-34-35-33-27/h6,8-16,18H,5,7,17H2,1-4H3,(H,32,33,34,35). The van der Waals surface area contributed by atoms with Crippen molar-refractivity contribution in [2.75, 3.05) is 0 Å². The normalized spacial score (nSPS) is 11.7. The van der Waals surface area contributed by atoms with Gasteiger partial charge in [0.15, 0.2) is 5.82 Å². The number of rotatable bonds is 7. The van der Waals surface area contributed by atoms with Crippen molar-refractivity contribution in [2.24, 2.45) is 0 Å². The van der Waals surface area contributed by atoms with Crippen LogP contribution in [0.5, 0.6) is 0 Å². The van der Waals surface area contributed by atoms with Gasteiger partial charge in [0.2, 0.25) is 0 Å². The molecule has 0 spiro atoms. The fraction of sp³-hybridized carbons (Fsp3) is 0.276. The maximum atomic E-state index is 13.8. The molecule has 5 aromatic rings. The summed E-state index contributed by atoms with van der Waals surface area (Å²) in [7, 11) is 0. The van der Waals surface area contributed by atoms with E-state index in [2.05, 4.69) is 87.4 Å². The number of imidazole rings is 1. The molecule has 0 fully saturated rings. The minimum Gasteiger partial charge on any atom is -0.292 e. The van der Waals surface area contributed by atoms with Crippen molar-refractivity contribution in [3.8, 4) is 28.2 Å². The maximum Gasteiger partial charge on any atom is 0.333 e. The molecular formula is C29H30BrN7O. The number of H-pyrrole nitrogens is 1. The van der Waals surface area contributed by atoms with E-state index in [4.69, 9.17) is 0 Å². The van der Waals surface area contributed by atoms with Gasteiger partial charge in [-0.3, -0.25) is 14.1 Å². The molecule has 0 saturated carbocycles. The Hall–Kier alpha value is -3.85. The van der Waals surface area contributed by atoms with Gasteiger partial charge in [0.1, 0.15) is 0 Å². The van der Waals surface area contributed by atoms with Crippen LogP contribution in [0.2, 0.25) is 0 Å². The molecule has 3 heterocycles. The molecule has 38 heavy (non-hydrogen) atoms. The number of nitrogens with one attached hydrogen (secondary N) is 1. The third-order valence-electron chi connectivity index (χ3n) is 6.63. The highest BCUT2D eigenvalue weighted by Gasteiger charge is 2.23. The maximum absolute atomic E-state index is 13.8. The molecule has 194 valence electrons. The molecule has 1 N–H and O–H groups in total. The van der Waals surface area contributed by atoms with Crippen molar-refractivity contribution >= 4 is 15.9 Å². The number of hydrogen-bond acceptors (Lipinski definition) is 5. The Balaban J connectivity index is 1.52. The first-order chi connectivity index (χ1) is 18.3. The summed E-state index contributed by atoms with van der Waals surface area (Å²) < 4.78 is 4.60. The quantitative estimate of drug-likeness (QED) is 0.261. The number of hydrogen-bond donors (Lipinski definition) is 1. The zero-order chi connectivity index (χ0) is 26.9. The van der Waals surface area contributed by atoms with Crippen LogP contribution in [0.25, 0.3) is 28.2 Å². The van der Waals surface area contributed by atoms with Gasteiger partial charge in [-0.2, -0.15) is 0 Å². The Labute approximate surface area is 229 Å². The average molecular weight is 573 g/mol. The molecule has 0 atom stereocenters. The topological polar surface area (TPSA) is 94.3 Å². The molecule has 0 aliphatic carbocycles. The molecule has 8 nitrogen and oxygen atoms in total. The van der Waals surface area contributed by atoms with Crippen LogP contribution in [0.1, 0.15) is 50.9 Å². The van der Waals surface area contributed by atoms with E-state index < -0.39 is 0 Å². The first-order valence-electron chi connectivity index (χ1n) is 12.7. The van der Waals surface area contributed by atoms with E-state index in [1.165, 1.54) is 0 Å². The van der Waals surface area contributed by atoms with E-state index in [1.807, 2.05) is 41.1 Å². The van der Waals surface area contributed by atoms with Crippen LogP contribution in [0, 0.1) is 0 Å². The number of aryl methyl sites for hydroxylation is 1. The Morgan fingerprint density at radius 1 is 1.03 bits per heavy atom. The van der Waals surface area contributed by atoms with Gasteiger partial charge in [0, 0.05) is 39.9 Å². The lowest BCUT2D eigenvalue weighted by molar-refractivity contribution is 0.584.